The first-order chi connectivity index (χ1) is 20.7. The first-order valence-corrected chi connectivity index (χ1v) is 14.6. The molecule has 0 aliphatic carbocycles. The Morgan fingerprint density at radius 3 is 2.47 bits per heavy atom. The fourth-order valence-electron chi connectivity index (χ4n) is 5.26. The van der Waals surface area contributed by atoms with Crippen molar-refractivity contribution in [1.82, 2.24) is 29.1 Å². The van der Waals surface area contributed by atoms with E-state index >= 15 is 0 Å². The number of hydrogen-bond acceptors (Lipinski definition) is 4. The number of rotatable bonds is 6. The summed E-state index contributed by atoms with van der Waals surface area (Å²) in [5.41, 5.74) is 1.97. The molecule has 6 rings (SSSR count). The van der Waals surface area contributed by atoms with E-state index < -0.39 is 23.5 Å². The molecule has 1 unspecified atom stereocenters. The van der Waals surface area contributed by atoms with Gasteiger partial charge in [-0.25, -0.2) is 13.9 Å². The maximum atomic E-state index is 14.5. The number of nitrogens with one attached hydrogen (secondary N) is 1. The second-order valence-corrected chi connectivity index (χ2v) is 11.4. The van der Waals surface area contributed by atoms with Crippen LogP contribution in [0.15, 0.2) is 94.5 Å². The van der Waals surface area contributed by atoms with E-state index in [0.29, 0.717) is 32.0 Å². The van der Waals surface area contributed by atoms with Crippen LogP contribution in [0, 0.1) is 5.82 Å². The standard InChI is InChI=1S/C31H25BrClFN6O3/c1-19(23-5-2-3-6-26(23)34)36-29(41)28-27-18-37(30(42)20-7-12-24(32)25(33)17-20)15-16-38(27)31(43)40(28)22-10-8-21(9-11-22)39-14-4-13-35-39/h2-14,17,19H,15-16,18H2,1H3,(H,36,41). The van der Waals surface area contributed by atoms with Gasteiger partial charge in [-0.3, -0.25) is 18.7 Å². The van der Waals surface area contributed by atoms with Crippen LogP contribution in [0.1, 0.15) is 45.1 Å². The topological polar surface area (TPSA) is 94.2 Å². The van der Waals surface area contributed by atoms with Crippen LogP contribution >= 0.6 is 27.5 Å². The third-order valence-corrected chi connectivity index (χ3v) is 8.68. The Bertz CT molecular complexity index is 1900. The van der Waals surface area contributed by atoms with Crippen molar-refractivity contribution in [3.63, 3.8) is 0 Å². The molecule has 2 aromatic heterocycles. The second-order valence-electron chi connectivity index (χ2n) is 10.1. The van der Waals surface area contributed by atoms with Gasteiger partial charge in [-0.2, -0.15) is 5.10 Å². The number of hydrogen-bond donors (Lipinski definition) is 1. The Balaban J connectivity index is 1.41. The van der Waals surface area contributed by atoms with Gasteiger partial charge in [0.25, 0.3) is 11.8 Å². The zero-order valence-electron chi connectivity index (χ0n) is 22.9. The monoisotopic (exact) mass is 662 g/mol. The van der Waals surface area contributed by atoms with Crippen LogP contribution in [-0.2, 0) is 13.1 Å². The second kappa shape index (κ2) is 11.7. The number of aromatic nitrogens is 4. The van der Waals surface area contributed by atoms with Crippen molar-refractivity contribution >= 4 is 39.3 Å². The van der Waals surface area contributed by atoms with Gasteiger partial charge in [0, 0.05) is 41.1 Å². The molecule has 3 aromatic carbocycles. The van der Waals surface area contributed by atoms with E-state index in [4.69, 9.17) is 11.6 Å². The lowest BCUT2D eigenvalue weighted by molar-refractivity contribution is 0.0706. The summed E-state index contributed by atoms with van der Waals surface area (Å²) in [6.07, 6.45) is 3.46. The van der Waals surface area contributed by atoms with Crippen LogP contribution in [0.4, 0.5) is 4.39 Å². The van der Waals surface area contributed by atoms with Crippen molar-refractivity contribution in [2.75, 3.05) is 6.54 Å². The quantitative estimate of drug-likeness (QED) is 0.259. The molecule has 5 aromatic rings. The summed E-state index contributed by atoms with van der Waals surface area (Å²) >= 11 is 9.58. The predicted octanol–water partition coefficient (Wildman–Crippen LogP) is 5.53. The molecule has 0 saturated carbocycles. The average Bonchev–Trinajstić information content (AvgIpc) is 3.65. The molecule has 0 radical (unpaired) electrons. The molecule has 1 aliphatic heterocycles. The van der Waals surface area contributed by atoms with Crippen molar-refractivity contribution in [2.45, 2.75) is 26.1 Å². The molecule has 1 N–H and O–H groups in total. The van der Waals surface area contributed by atoms with E-state index in [-0.39, 0.29) is 31.2 Å². The maximum Gasteiger partial charge on any atom is 0.333 e. The van der Waals surface area contributed by atoms with Gasteiger partial charge < -0.3 is 10.2 Å². The van der Waals surface area contributed by atoms with E-state index in [1.54, 1.807) is 95.6 Å². The first kappa shape index (κ1) is 28.6. The predicted molar refractivity (Wildman–Crippen MR) is 163 cm³/mol. The van der Waals surface area contributed by atoms with Gasteiger partial charge in [0.05, 0.1) is 34.7 Å². The van der Waals surface area contributed by atoms with E-state index in [0.717, 1.165) is 5.69 Å². The number of fused-ring (bicyclic) bond motifs is 1. The number of benzene rings is 3. The van der Waals surface area contributed by atoms with Gasteiger partial charge in [-0.05, 0) is 77.5 Å². The minimum absolute atomic E-state index is 0.0109. The zero-order valence-corrected chi connectivity index (χ0v) is 25.2. The number of carbonyl (C=O) groups is 2. The van der Waals surface area contributed by atoms with Crippen LogP contribution in [0.5, 0.6) is 0 Å². The molecule has 2 amide bonds. The van der Waals surface area contributed by atoms with Crippen LogP contribution in [0.3, 0.4) is 0 Å². The number of halogens is 3. The average molecular weight is 664 g/mol. The van der Waals surface area contributed by atoms with Gasteiger partial charge in [-0.15, -0.1) is 0 Å². The Hall–Kier alpha value is -4.48. The number of imidazole rings is 1. The van der Waals surface area contributed by atoms with Crippen molar-refractivity contribution in [3.05, 3.63) is 134 Å². The van der Waals surface area contributed by atoms with Crippen LogP contribution in [0.25, 0.3) is 11.4 Å². The van der Waals surface area contributed by atoms with Gasteiger partial charge in [0.15, 0.2) is 0 Å². The molecule has 0 saturated heterocycles. The van der Waals surface area contributed by atoms with Crippen molar-refractivity contribution in [3.8, 4) is 11.4 Å². The smallest absolute Gasteiger partial charge is 0.333 e. The molecular weight excluding hydrogens is 639 g/mol. The Morgan fingerprint density at radius 1 is 1.02 bits per heavy atom. The maximum absolute atomic E-state index is 14.5. The van der Waals surface area contributed by atoms with E-state index in [1.807, 2.05) is 0 Å². The molecule has 0 bridgehead atoms. The summed E-state index contributed by atoms with van der Waals surface area (Å²) in [7, 11) is 0. The lowest BCUT2D eigenvalue weighted by Gasteiger charge is -2.28. The normalized spacial score (nSPS) is 13.4. The van der Waals surface area contributed by atoms with Gasteiger partial charge >= 0.3 is 5.69 Å². The minimum Gasteiger partial charge on any atom is -0.344 e. The highest BCUT2D eigenvalue weighted by Crippen LogP contribution is 2.27. The number of carbonyl (C=O) groups excluding carboxylic acids is 2. The SMILES string of the molecule is CC(NC(=O)c1c2n(c(=O)n1-c1ccc(-n3cccn3)cc1)CCN(C(=O)c1ccc(Br)c(Cl)c1)C2)c1ccccc1F. The highest BCUT2D eigenvalue weighted by Gasteiger charge is 2.33. The molecule has 9 nitrogen and oxygen atoms in total. The van der Waals surface area contributed by atoms with Crippen molar-refractivity contribution < 1.29 is 14.0 Å². The Kier molecular flexibility index (Phi) is 7.76. The highest BCUT2D eigenvalue weighted by atomic mass is 79.9. The van der Waals surface area contributed by atoms with Crippen LogP contribution < -0.4 is 11.0 Å². The van der Waals surface area contributed by atoms with Crippen LogP contribution in [-0.4, -0.2) is 42.2 Å². The van der Waals surface area contributed by atoms with E-state index in [1.165, 1.54) is 15.2 Å². The zero-order chi connectivity index (χ0) is 30.2. The van der Waals surface area contributed by atoms with E-state index in [9.17, 15) is 18.8 Å². The third kappa shape index (κ3) is 5.41. The number of amides is 2. The summed E-state index contributed by atoms with van der Waals surface area (Å²) in [6.45, 7) is 2.13. The highest BCUT2D eigenvalue weighted by molar-refractivity contribution is 9.10. The summed E-state index contributed by atoms with van der Waals surface area (Å²) in [5, 5.41) is 7.49. The Labute approximate surface area is 259 Å². The molecule has 3 heterocycles. The lowest BCUT2D eigenvalue weighted by Crippen LogP contribution is -2.41. The summed E-state index contributed by atoms with van der Waals surface area (Å²) < 4.78 is 19.8. The van der Waals surface area contributed by atoms with Crippen molar-refractivity contribution in [1.29, 1.82) is 0 Å². The lowest BCUT2D eigenvalue weighted by atomic mass is 10.1. The Morgan fingerprint density at radius 2 is 1.77 bits per heavy atom. The summed E-state index contributed by atoms with van der Waals surface area (Å²) in [4.78, 5) is 42.8. The molecule has 1 atom stereocenters. The van der Waals surface area contributed by atoms with Gasteiger partial charge in [-0.1, -0.05) is 29.8 Å². The summed E-state index contributed by atoms with van der Waals surface area (Å²) in [5.74, 6) is -1.31. The van der Waals surface area contributed by atoms with Gasteiger partial charge in [0.1, 0.15) is 11.5 Å². The van der Waals surface area contributed by atoms with Crippen LogP contribution in [0.2, 0.25) is 5.02 Å². The third-order valence-electron chi connectivity index (χ3n) is 7.44. The molecule has 0 spiro atoms. The van der Waals surface area contributed by atoms with Crippen molar-refractivity contribution in [2.24, 2.45) is 0 Å². The molecule has 1 aliphatic rings. The summed E-state index contributed by atoms with van der Waals surface area (Å²) in [6, 6.07) is 19.3. The van der Waals surface area contributed by atoms with Gasteiger partial charge in [0.2, 0.25) is 0 Å². The largest absolute Gasteiger partial charge is 0.344 e. The molecule has 218 valence electrons. The van der Waals surface area contributed by atoms with E-state index in [2.05, 4.69) is 26.3 Å². The molecule has 43 heavy (non-hydrogen) atoms. The number of nitrogens with zero attached hydrogens (tertiary/aromatic N) is 5. The molecule has 0 fully saturated rings. The fraction of sp³-hybridized carbons (Fsp3) is 0.161. The fourth-order valence-corrected chi connectivity index (χ4v) is 5.69. The molecular formula is C31H25BrClFN6O3. The molecule has 12 heteroatoms. The first-order valence-electron chi connectivity index (χ1n) is 13.5. The minimum atomic E-state index is -0.693.